The zero-order valence-corrected chi connectivity index (χ0v) is 14.7. The fourth-order valence-corrected chi connectivity index (χ4v) is 3.17. The number of nitrogens with one attached hydrogen (secondary N) is 1. The molecule has 0 bridgehead atoms. The van der Waals surface area contributed by atoms with E-state index < -0.39 is 0 Å². The Balaban J connectivity index is 1.58. The minimum Gasteiger partial charge on any atom is -0.322 e. The zero-order chi connectivity index (χ0) is 17.8. The standard InChI is InChI=1S/C21H23FN2O/c1-15-11-16(2)13-20(12-15)23-21(25)18-7-9-24(10-8-18)14-17-3-5-19(22)6-4-17/h3-7,11-13H,8-10,14H2,1-2H3,(H,23,25). The predicted octanol–water partition coefficient (Wildman–Crippen LogP) is 4.21. The van der Waals surface area contributed by atoms with Gasteiger partial charge in [-0.1, -0.05) is 24.3 Å². The minimum absolute atomic E-state index is 0.0218. The lowest BCUT2D eigenvalue weighted by molar-refractivity contribution is -0.113. The Morgan fingerprint density at radius 2 is 1.80 bits per heavy atom. The lowest BCUT2D eigenvalue weighted by Crippen LogP contribution is -2.31. The van der Waals surface area contributed by atoms with E-state index in [2.05, 4.69) is 16.3 Å². The van der Waals surface area contributed by atoms with Crippen LogP contribution in [0.1, 0.15) is 23.1 Å². The van der Waals surface area contributed by atoms with Crippen LogP contribution < -0.4 is 5.32 Å². The number of aryl methyl sites for hydroxylation is 2. The van der Waals surface area contributed by atoms with Gasteiger partial charge in [-0.25, -0.2) is 4.39 Å². The van der Waals surface area contributed by atoms with Crippen LogP contribution >= 0.6 is 0 Å². The van der Waals surface area contributed by atoms with Gasteiger partial charge in [-0.05, 0) is 61.2 Å². The van der Waals surface area contributed by atoms with Crippen molar-refractivity contribution in [2.75, 3.05) is 18.4 Å². The van der Waals surface area contributed by atoms with Gasteiger partial charge in [0.25, 0.3) is 5.91 Å². The molecule has 3 nitrogen and oxygen atoms in total. The Labute approximate surface area is 148 Å². The molecule has 0 fully saturated rings. The summed E-state index contributed by atoms with van der Waals surface area (Å²) in [6.07, 6.45) is 2.71. The molecule has 0 saturated heterocycles. The van der Waals surface area contributed by atoms with Crippen LogP contribution in [-0.2, 0) is 11.3 Å². The summed E-state index contributed by atoms with van der Waals surface area (Å²) >= 11 is 0. The molecule has 1 amide bonds. The van der Waals surface area contributed by atoms with Crippen LogP contribution in [0.2, 0.25) is 0 Å². The van der Waals surface area contributed by atoms with Crippen LogP contribution in [0.4, 0.5) is 10.1 Å². The van der Waals surface area contributed by atoms with Crippen LogP contribution in [0.15, 0.2) is 54.1 Å². The van der Waals surface area contributed by atoms with Crippen molar-refractivity contribution < 1.29 is 9.18 Å². The highest BCUT2D eigenvalue weighted by atomic mass is 19.1. The van der Waals surface area contributed by atoms with Gasteiger partial charge in [-0.15, -0.1) is 0 Å². The molecular weight excluding hydrogens is 315 g/mol. The van der Waals surface area contributed by atoms with Gasteiger partial charge in [0.15, 0.2) is 0 Å². The summed E-state index contributed by atoms with van der Waals surface area (Å²) in [5, 5.41) is 3.00. The Bertz CT molecular complexity index is 776. The molecule has 0 atom stereocenters. The highest BCUT2D eigenvalue weighted by Gasteiger charge is 2.17. The lowest BCUT2D eigenvalue weighted by Gasteiger charge is -2.26. The Kier molecular flexibility index (Phi) is 5.29. The second-order valence-electron chi connectivity index (χ2n) is 6.67. The molecule has 0 radical (unpaired) electrons. The highest BCUT2D eigenvalue weighted by molar-refractivity contribution is 6.03. The van der Waals surface area contributed by atoms with Gasteiger partial charge in [-0.2, -0.15) is 0 Å². The summed E-state index contributed by atoms with van der Waals surface area (Å²) in [6, 6.07) is 12.6. The normalized spacial score (nSPS) is 14.9. The average molecular weight is 338 g/mol. The first-order valence-corrected chi connectivity index (χ1v) is 8.55. The van der Waals surface area contributed by atoms with Crippen molar-refractivity contribution in [2.45, 2.75) is 26.8 Å². The topological polar surface area (TPSA) is 32.3 Å². The molecule has 1 N–H and O–H groups in total. The van der Waals surface area contributed by atoms with Crippen molar-refractivity contribution in [1.82, 2.24) is 4.90 Å². The van der Waals surface area contributed by atoms with Crippen molar-refractivity contribution in [3.63, 3.8) is 0 Å². The fourth-order valence-electron chi connectivity index (χ4n) is 3.17. The van der Waals surface area contributed by atoms with Crippen molar-refractivity contribution in [3.8, 4) is 0 Å². The van der Waals surface area contributed by atoms with E-state index in [4.69, 9.17) is 0 Å². The molecule has 0 unspecified atom stereocenters. The van der Waals surface area contributed by atoms with E-state index in [0.717, 1.165) is 54.0 Å². The van der Waals surface area contributed by atoms with Crippen molar-refractivity contribution in [1.29, 1.82) is 0 Å². The molecule has 0 aliphatic carbocycles. The summed E-state index contributed by atoms with van der Waals surface area (Å²) in [4.78, 5) is 14.7. The molecule has 0 spiro atoms. The highest BCUT2D eigenvalue weighted by Crippen LogP contribution is 2.18. The zero-order valence-electron chi connectivity index (χ0n) is 14.7. The maximum absolute atomic E-state index is 13.0. The van der Waals surface area contributed by atoms with Gasteiger partial charge in [0.1, 0.15) is 5.82 Å². The van der Waals surface area contributed by atoms with Gasteiger partial charge in [0, 0.05) is 30.9 Å². The summed E-state index contributed by atoms with van der Waals surface area (Å²) < 4.78 is 13.0. The maximum atomic E-state index is 13.0. The van der Waals surface area contributed by atoms with E-state index >= 15 is 0 Å². The molecule has 130 valence electrons. The molecule has 3 rings (SSSR count). The van der Waals surface area contributed by atoms with Gasteiger partial charge in [0.05, 0.1) is 0 Å². The van der Waals surface area contributed by atoms with E-state index in [0.29, 0.717) is 0 Å². The van der Waals surface area contributed by atoms with Crippen LogP contribution in [0.3, 0.4) is 0 Å². The summed E-state index contributed by atoms with van der Waals surface area (Å²) in [6.45, 7) is 6.37. The van der Waals surface area contributed by atoms with E-state index in [9.17, 15) is 9.18 Å². The Morgan fingerprint density at radius 1 is 1.12 bits per heavy atom. The third-order valence-electron chi connectivity index (χ3n) is 4.38. The van der Waals surface area contributed by atoms with Crippen molar-refractivity contribution in [3.05, 3.63) is 76.6 Å². The number of anilines is 1. The number of hydrogen-bond acceptors (Lipinski definition) is 2. The number of carbonyl (C=O) groups excluding carboxylic acids is 1. The van der Waals surface area contributed by atoms with Crippen molar-refractivity contribution >= 4 is 11.6 Å². The monoisotopic (exact) mass is 338 g/mol. The largest absolute Gasteiger partial charge is 0.322 e. The van der Waals surface area contributed by atoms with Gasteiger partial charge in [0.2, 0.25) is 0 Å². The van der Waals surface area contributed by atoms with Gasteiger partial charge < -0.3 is 5.32 Å². The molecule has 0 aromatic heterocycles. The van der Waals surface area contributed by atoms with E-state index in [1.54, 1.807) is 12.1 Å². The molecule has 0 saturated carbocycles. The number of nitrogens with zero attached hydrogens (tertiary/aromatic N) is 1. The minimum atomic E-state index is -0.215. The molecule has 1 heterocycles. The average Bonchev–Trinajstić information content (AvgIpc) is 2.56. The van der Waals surface area contributed by atoms with Crippen LogP contribution in [0.5, 0.6) is 0 Å². The molecule has 4 heteroatoms. The Hall–Kier alpha value is -2.46. The number of rotatable bonds is 4. The summed E-state index contributed by atoms with van der Waals surface area (Å²) in [5.74, 6) is -0.237. The fraction of sp³-hybridized carbons (Fsp3) is 0.286. The number of hydrogen-bond donors (Lipinski definition) is 1. The van der Waals surface area contributed by atoms with E-state index in [1.807, 2.05) is 32.1 Å². The Morgan fingerprint density at radius 3 is 2.40 bits per heavy atom. The third-order valence-corrected chi connectivity index (χ3v) is 4.38. The molecule has 2 aromatic carbocycles. The van der Waals surface area contributed by atoms with Crippen LogP contribution in [0.25, 0.3) is 0 Å². The molecule has 1 aliphatic heterocycles. The number of amides is 1. The first-order valence-electron chi connectivity index (χ1n) is 8.55. The predicted molar refractivity (Wildman–Crippen MR) is 98.9 cm³/mol. The third kappa shape index (κ3) is 4.77. The molecule has 2 aromatic rings. The molecular formula is C21H23FN2O. The lowest BCUT2D eigenvalue weighted by atomic mass is 10.1. The quantitative estimate of drug-likeness (QED) is 0.905. The SMILES string of the molecule is Cc1cc(C)cc(NC(=O)C2=CCN(Cc3ccc(F)cc3)CC2)c1. The van der Waals surface area contributed by atoms with E-state index in [1.165, 1.54) is 12.1 Å². The number of carbonyl (C=O) groups is 1. The smallest absolute Gasteiger partial charge is 0.251 e. The number of benzene rings is 2. The van der Waals surface area contributed by atoms with Crippen LogP contribution in [0, 0.1) is 19.7 Å². The maximum Gasteiger partial charge on any atom is 0.251 e. The summed E-state index contributed by atoms with van der Waals surface area (Å²) in [7, 11) is 0. The van der Waals surface area contributed by atoms with Gasteiger partial charge >= 0.3 is 0 Å². The first kappa shape index (κ1) is 17.4. The molecule has 25 heavy (non-hydrogen) atoms. The van der Waals surface area contributed by atoms with E-state index in [-0.39, 0.29) is 11.7 Å². The molecule has 1 aliphatic rings. The summed E-state index contributed by atoms with van der Waals surface area (Å²) in [5.41, 5.74) is 5.03. The second kappa shape index (κ2) is 7.62. The van der Waals surface area contributed by atoms with Crippen molar-refractivity contribution in [2.24, 2.45) is 0 Å². The van der Waals surface area contributed by atoms with Gasteiger partial charge in [-0.3, -0.25) is 9.69 Å². The second-order valence-corrected chi connectivity index (χ2v) is 6.67. The van der Waals surface area contributed by atoms with Crippen LogP contribution in [-0.4, -0.2) is 23.9 Å². The first-order chi connectivity index (χ1) is 12.0. The number of halogens is 1.